The third-order valence-electron chi connectivity index (χ3n) is 3.46. The molecule has 0 spiro atoms. The maximum Gasteiger partial charge on any atom is 0.335 e. The molecule has 0 radical (unpaired) electrons. The summed E-state index contributed by atoms with van der Waals surface area (Å²) >= 11 is 0. The Bertz CT molecular complexity index is 676. The van der Waals surface area contributed by atoms with E-state index in [9.17, 15) is 9.90 Å². The Morgan fingerprint density at radius 2 is 2.00 bits per heavy atom. The van der Waals surface area contributed by atoms with E-state index in [1.54, 1.807) is 6.07 Å². The predicted octanol–water partition coefficient (Wildman–Crippen LogP) is 3.08. The lowest BCUT2D eigenvalue weighted by Crippen LogP contribution is -2.08. The first-order chi connectivity index (χ1) is 9.65. The number of carboxylic acid groups (broad SMARTS) is 1. The Morgan fingerprint density at radius 3 is 2.75 bits per heavy atom. The zero-order valence-corrected chi connectivity index (χ0v) is 10.8. The Kier molecular flexibility index (Phi) is 3.06. The summed E-state index contributed by atoms with van der Waals surface area (Å²) in [6.07, 6.45) is 1.94. The molecular weight excluding hydrogens is 256 g/mol. The van der Waals surface area contributed by atoms with Gasteiger partial charge in [-0.2, -0.15) is 0 Å². The second-order valence-corrected chi connectivity index (χ2v) is 4.81. The van der Waals surface area contributed by atoms with E-state index in [0.717, 1.165) is 36.3 Å². The molecule has 1 aliphatic heterocycles. The number of benzene rings is 2. The third kappa shape index (κ3) is 2.20. The maximum atomic E-state index is 10.9. The number of aryl methyl sites for hydroxylation is 1. The van der Waals surface area contributed by atoms with Crippen LogP contribution in [0.2, 0.25) is 0 Å². The van der Waals surface area contributed by atoms with E-state index in [1.807, 2.05) is 18.2 Å². The Hall–Kier alpha value is -2.49. The molecule has 2 aromatic carbocycles. The van der Waals surface area contributed by atoms with Gasteiger partial charge in [-0.3, -0.25) is 0 Å². The van der Waals surface area contributed by atoms with Crippen molar-refractivity contribution in [3.05, 3.63) is 47.5 Å². The molecule has 20 heavy (non-hydrogen) atoms. The Labute approximate surface area is 116 Å². The van der Waals surface area contributed by atoms with Crippen molar-refractivity contribution in [2.24, 2.45) is 0 Å². The normalized spacial score (nSPS) is 13.4. The number of phenolic OH excluding ortho intramolecular Hbond substituents is 1. The molecule has 2 aromatic rings. The molecule has 0 fully saturated rings. The zero-order chi connectivity index (χ0) is 14.1. The fourth-order valence-corrected chi connectivity index (χ4v) is 2.44. The van der Waals surface area contributed by atoms with Crippen LogP contribution in [0.1, 0.15) is 22.3 Å². The topological polar surface area (TPSA) is 66.8 Å². The SMILES string of the molecule is O=C(O)c1ccc(-c2ccc3c(c2)CCCO3)c(O)c1. The van der Waals surface area contributed by atoms with Crippen molar-refractivity contribution >= 4 is 5.97 Å². The highest BCUT2D eigenvalue weighted by molar-refractivity contribution is 5.89. The highest BCUT2D eigenvalue weighted by Crippen LogP contribution is 2.34. The molecule has 0 unspecified atom stereocenters. The minimum absolute atomic E-state index is 0.0263. The second kappa shape index (κ2) is 4.89. The number of hydrogen-bond donors (Lipinski definition) is 2. The average Bonchev–Trinajstić information content (AvgIpc) is 2.46. The number of ether oxygens (including phenoxy) is 1. The summed E-state index contributed by atoms with van der Waals surface area (Å²) in [7, 11) is 0. The van der Waals surface area contributed by atoms with E-state index in [4.69, 9.17) is 9.84 Å². The molecule has 102 valence electrons. The molecule has 2 N–H and O–H groups in total. The van der Waals surface area contributed by atoms with Gasteiger partial charge >= 0.3 is 5.97 Å². The van der Waals surface area contributed by atoms with Gasteiger partial charge in [-0.25, -0.2) is 4.79 Å². The number of carboxylic acids is 1. The van der Waals surface area contributed by atoms with Crippen LogP contribution in [0.25, 0.3) is 11.1 Å². The first-order valence-electron chi connectivity index (χ1n) is 6.47. The van der Waals surface area contributed by atoms with Crippen molar-refractivity contribution in [2.45, 2.75) is 12.8 Å². The van der Waals surface area contributed by atoms with Gasteiger partial charge in [-0.1, -0.05) is 6.07 Å². The van der Waals surface area contributed by atoms with E-state index in [2.05, 4.69) is 0 Å². The van der Waals surface area contributed by atoms with Gasteiger partial charge < -0.3 is 14.9 Å². The van der Waals surface area contributed by atoms with Crippen LogP contribution in [0.4, 0.5) is 0 Å². The van der Waals surface area contributed by atoms with E-state index in [0.29, 0.717) is 5.56 Å². The van der Waals surface area contributed by atoms with Gasteiger partial charge in [0.15, 0.2) is 0 Å². The van der Waals surface area contributed by atoms with Crippen LogP contribution >= 0.6 is 0 Å². The number of aromatic hydroxyl groups is 1. The summed E-state index contributed by atoms with van der Waals surface area (Å²) < 4.78 is 5.55. The molecule has 1 heterocycles. The third-order valence-corrected chi connectivity index (χ3v) is 3.46. The highest BCUT2D eigenvalue weighted by atomic mass is 16.5. The number of aromatic carboxylic acids is 1. The number of hydrogen-bond acceptors (Lipinski definition) is 3. The van der Waals surface area contributed by atoms with Crippen LogP contribution in [0, 0.1) is 0 Å². The lowest BCUT2D eigenvalue weighted by atomic mass is 9.97. The lowest BCUT2D eigenvalue weighted by Gasteiger charge is -2.18. The van der Waals surface area contributed by atoms with Gasteiger partial charge in [0.05, 0.1) is 12.2 Å². The van der Waals surface area contributed by atoms with Gasteiger partial charge in [0.2, 0.25) is 0 Å². The van der Waals surface area contributed by atoms with E-state index >= 15 is 0 Å². The molecule has 1 aliphatic rings. The summed E-state index contributed by atoms with van der Waals surface area (Å²) in [6, 6.07) is 10.2. The van der Waals surface area contributed by atoms with Crippen LogP contribution in [0.3, 0.4) is 0 Å². The summed E-state index contributed by atoms with van der Waals surface area (Å²) in [4.78, 5) is 10.9. The van der Waals surface area contributed by atoms with Crippen LogP contribution in [0.5, 0.6) is 11.5 Å². The number of fused-ring (bicyclic) bond motifs is 1. The van der Waals surface area contributed by atoms with Crippen molar-refractivity contribution in [1.82, 2.24) is 0 Å². The maximum absolute atomic E-state index is 10.9. The minimum Gasteiger partial charge on any atom is -0.507 e. The summed E-state index contributed by atoms with van der Waals surface area (Å²) in [5.74, 6) is -0.186. The van der Waals surface area contributed by atoms with Gasteiger partial charge in [-0.15, -0.1) is 0 Å². The average molecular weight is 270 g/mol. The molecular formula is C16H14O4. The standard InChI is InChI=1S/C16H14O4/c17-14-9-12(16(18)19)3-5-13(14)10-4-6-15-11(8-10)2-1-7-20-15/h3-6,8-9,17H,1-2,7H2,(H,18,19). The van der Waals surface area contributed by atoms with Crippen LogP contribution in [0.15, 0.2) is 36.4 Å². The van der Waals surface area contributed by atoms with Gasteiger partial charge in [0, 0.05) is 5.56 Å². The molecule has 0 saturated heterocycles. The number of rotatable bonds is 2. The fourth-order valence-electron chi connectivity index (χ4n) is 2.44. The van der Waals surface area contributed by atoms with E-state index in [-0.39, 0.29) is 11.3 Å². The van der Waals surface area contributed by atoms with Crippen molar-refractivity contribution < 1.29 is 19.7 Å². The predicted molar refractivity (Wildman–Crippen MR) is 74.3 cm³/mol. The van der Waals surface area contributed by atoms with Gasteiger partial charge in [0.1, 0.15) is 11.5 Å². The monoisotopic (exact) mass is 270 g/mol. The Balaban J connectivity index is 2.02. The van der Waals surface area contributed by atoms with Crippen LogP contribution in [-0.4, -0.2) is 22.8 Å². The van der Waals surface area contributed by atoms with Crippen molar-refractivity contribution in [3.8, 4) is 22.6 Å². The first kappa shape index (κ1) is 12.5. The van der Waals surface area contributed by atoms with E-state index < -0.39 is 5.97 Å². The molecule has 3 rings (SSSR count). The molecule has 0 aliphatic carbocycles. The zero-order valence-electron chi connectivity index (χ0n) is 10.8. The summed E-state index contributed by atoms with van der Waals surface area (Å²) in [5.41, 5.74) is 2.69. The van der Waals surface area contributed by atoms with Crippen LogP contribution < -0.4 is 4.74 Å². The molecule has 4 heteroatoms. The van der Waals surface area contributed by atoms with Crippen LogP contribution in [-0.2, 0) is 6.42 Å². The first-order valence-corrected chi connectivity index (χ1v) is 6.47. The Morgan fingerprint density at radius 1 is 1.15 bits per heavy atom. The smallest absolute Gasteiger partial charge is 0.335 e. The molecule has 0 bridgehead atoms. The molecule has 0 atom stereocenters. The highest BCUT2D eigenvalue weighted by Gasteiger charge is 2.14. The quantitative estimate of drug-likeness (QED) is 0.880. The van der Waals surface area contributed by atoms with Crippen molar-refractivity contribution in [3.63, 3.8) is 0 Å². The van der Waals surface area contributed by atoms with Gasteiger partial charge in [-0.05, 0) is 54.3 Å². The van der Waals surface area contributed by atoms with Crippen molar-refractivity contribution in [2.75, 3.05) is 6.61 Å². The molecule has 0 amide bonds. The number of phenols is 1. The molecule has 0 aromatic heterocycles. The summed E-state index contributed by atoms with van der Waals surface area (Å²) in [5, 5.41) is 18.9. The van der Waals surface area contributed by atoms with E-state index in [1.165, 1.54) is 12.1 Å². The molecule has 0 saturated carbocycles. The number of carbonyl (C=O) groups is 1. The largest absolute Gasteiger partial charge is 0.507 e. The van der Waals surface area contributed by atoms with Gasteiger partial charge in [0.25, 0.3) is 0 Å². The lowest BCUT2D eigenvalue weighted by molar-refractivity contribution is 0.0696. The fraction of sp³-hybridized carbons (Fsp3) is 0.188. The minimum atomic E-state index is -1.05. The second-order valence-electron chi connectivity index (χ2n) is 4.81. The molecule has 4 nitrogen and oxygen atoms in total. The summed E-state index contributed by atoms with van der Waals surface area (Å²) in [6.45, 7) is 0.741. The van der Waals surface area contributed by atoms with Crippen molar-refractivity contribution in [1.29, 1.82) is 0 Å².